The number of carbonyl (C=O) groups excluding carboxylic acids is 1. The number of aromatic nitrogens is 1. The van der Waals surface area contributed by atoms with E-state index in [4.69, 9.17) is 9.84 Å². The molecule has 0 saturated carbocycles. The second-order valence-corrected chi connectivity index (χ2v) is 5.97. The van der Waals surface area contributed by atoms with Crippen LogP contribution in [0.2, 0.25) is 0 Å². The van der Waals surface area contributed by atoms with Crippen molar-refractivity contribution in [3.63, 3.8) is 0 Å². The lowest BCUT2D eigenvalue weighted by Crippen LogP contribution is -2.37. The van der Waals surface area contributed by atoms with E-state index in [2.05, 4.69) is 4.98 Å². The molecular weight excluding hydrogens is 290 g/mol. The van der Waals surface area contributed by atoms with Crippen molar-refractivity contribution in [2.45, 2.75) is 25.4 Å². The standard InChI is InChI=1S/C19H19NO3/c1-13(8-9-21)17-19(2,12-22)16-10-15(11-20-18(16)23-17)14-6-4-3-5-7-14/h3-8,10-12,17,21H,9H2,1-2H3/b13-8+. The zero-order chi connectivity index (χ0) is 16.4. The highest BCUT2D eigenvalue weighted by Gasteiger charge is 2.47. The lowest BCUT2D eigenvalue weighted by atomic mass is 9.78. The van der Waals surface area contributed by atoms with Crippen LogP contribution in [-0.4, -0.2) is 29.1 Å². The molecule has 1 N–H and O–H groups in total. The molecule has 0 amide bonds. The first-order chi connectivity index (χ1) is 11.1. The van der Waals surface area contributed by atoms with Crippen LogP contribution < -0.4 is 4.74 Å². The normalized spacial score (nSPS) is 23.3. The molecule has 2 aromatic rings. The summed E-state index contributed by atoms with van der Waals surface area (Å²) in [6, 6.07) is 11.9. The van der Waals surface area contributed by atoms with Gasteiger partial charge in [0.1, 0.15) is 12.4 Å². The number of rotatable bonds is 4. The monoisotopic (exact) mass is 309 g/mol. The Bertz CT molecular complexity index is 754. The van der Waals surface area contributed by atoms with Crippen LogP contribution in [0.5, 0.6) is 5.88 Å². The van der Waals surface area contributed by atoms with E-state index in [9.17, 15) is 4.79 Å². The number of carbonyl (C=O) groups is 1. The summed E-state index contributed by atoms with van der Waals surface area (Å²) in [5.74, 6) is 0.481. The smallest absolute Gasteiger partial charge is 0.218 e. The van der Waals surface area contributed by atoms with Gasteiger partial charge in [-0.05, 0) is 31.1 Å². The number of fused-ring (bicyclic) bond motifs is 1. The number of hydrogen-bond donors (Lipinski definition) is 1. The molecule has 0 spiro atoms. The highest BCUT2D eigenvalue weighted by Crippen LogP contribution is 2.44. The number of nitrogens with zero attached hydrogens (tertiary/aromatic N) is 1. The van der Waals surface area contributed by atoms with E-state index in [1.165, 1.54) is 0 Å². The number of hydrogen-bond acceptors (Lipinski definition) is 4. The number of aliphatic hydroxyl groups excluding tert-OH is 1. The molecule has 0 bridgehead atoms. The molecule has 4 heteroatoms. The molecule has 1 aromatic carbocycles. The van der Waals surface area contributed by atoms with Gasteiger partial charge >= 0.3 is 0 Å². The average Bonchev–Trinajstić information content (AvgIpc) is 2.89. The van der Waals surface area contributed by atoms with Crippen LogP contribution in [0.3, 0.4) is 0 Å². The SMILES string of the molecule is C/C(=C\CO)C1Oc2ncc(-c3ccccc3)cc2C1(C)C=O. The molecule has 2 unspecified atom stereocenters. The van der Waals surface area contributed by atoms with Gasteiger partial charge in [0.2, 0.25) is 5.88 Å². The van der Waals surface area contributed by atoms with E-state index >= 15 is 0 Å². The maximum atomic E-state index is 11.9. The molecule has 2 heterocycles. The summed E-state index contributed by atoms with van der Waals surface area (Å²) in [5.41, 5.74) is 2.78. The molecule has 0 saturated heterocycles. The minimum Gasteiger partial charge on any atom is -0.468 e. The molecule has 23 heavy (non-hydrogen) atoms. The topological polar surface area (TPSA) is 59.4 Å². The van der Waals surface area contributed by atoms with Crippen molar-refractivity contribution in [1.82, 2.24) is 4.98 Å². The summed E-state index contributed by atoms with van der Waals surface area (Å²) in [7, 11) is 0. The van der Waals surface area contributed by atoms with Crippen LogP contribution in [-0.2, 0) is 10.2 Å². The Morgan fingerprint density at radius 2 is 2.09 bits per heavy atom. The zero-order valence-electron chi connectivity index (χ0n) is 13.2. The van der Waals surface area contributed by atoms with Crippen LogP contribution in [0.25, 0.3) is 11.1 Å². The minimum absolute atomic E-state index is 0.0837. The van der Waals surface area contributed by atoms with Gasteiger partial charge in [-0.1, -0.05) is 36.4 Å². The summed E-state index contributed by atoms with van der Waals surface area (Å²) in [4.78, 5) is 16.3. The van der Waals surface area contributed by atoms with Crippen LogP contribution in [0.1, 0.15) is 19.4 Å². The summed E-state index contributed by atoms with van der Waals surface area (Å²) in [6.07, 6.45) is 3.89. The third-order valence-electron chi connectivity index (χ3n) is 4.38. The van der Waals surface area contributed by atoms with Gasteiger partial charge in [0.25, 0.3) is 0 Å². The molecule has 3 rings (SSSR count). The van der Waals surface area contributed by atoms with Crippen LogP contribution in [0.4, 0.5) is 0 Å². The average molecular weight is 309 g/mol. The van der Waals surface area contributed by atoms with E-state index in [-0.39, 0.29) is 6.61 Å². The van der Waals surface area contributed by atoms with Crippen LogP contribution in [0.15, 0.2) is 54.2 Å². The lowest BCUT2D eigenvalue weighted by Gasteiger charge is -2.25. The van der Waals surface area contributed by atoms with Crippen molar-refractivity contribution in [1.29, 1.82) is 0 Å². The molecule has 2 atom stereocenters. The first kappa shape index (κ1) is 15.4. The third kappa shape index (κ3) is 2.55. The van der Waals surface area contributed by atoms with Crippen LogP contribution >= 0.6 is 0 Å². The fourth-order valence-corrected chi connectivity index (χ4v) is 3.04. The Morgan fingerprint density at radius 3 is 2.74 bits per heavy atom. The first-order valence-electron chi connectivity index (χ1n) is 7.56. The molecule has 118 valence electrons. The highest BCUT2D eigenvalue weighted by atomic mass is 16.5. The van der Waals surface area contributed by atoms with Gasteiger partial charge in [-0.25, -0.2) is 4.98 Å². The Kier molecular flexibility index (Phi) is 4.01. The molecule has 0 radical (unpaired) electrons. The number of aliphatic hydroxyl groups is 1. The van der Waals surface area contributed by atoms with Crippen molar-refractivity contribution in [2.24, 2.45) is 0 Å². The number of aldehydes is 1. The second-order valence-electron chi connectivity index (χ2n) is 5.97. The Hall–Kier alpha value is -2.46. The quantitative estimate of drug-likeness (QED) is 0.697. The fraction of sp³-hybridized carbons (Fsp3) is 0.263. The number of pyridine rings is 1. The van der Waals surface area contributed by atoms with Crippen molar-refractivity contribution in [3.05, 3.63) is 59.8 Å². The zero-order valence-corrected chi connectivity index (χ0v) is 13.2. The van der Waals surface area contributed by atoms with Crippen molar-refractivity contribution < 1.29 is 14.6 Å². The summed E-state index contributed by atoms with van der Waals surface area (Å²) < 4.78 is 5.90. The molecule has 1 aliphatic rings. The molecule has 1 aliphatic heterocycles. The number of benzene rings is 1. The minimum atomic E-state index is -0.817. The van der Waals surface area contributed by atoms with Gasteiger partial charge in [0, 0.05) is 17.3 Å². The van der Waals surface area contributed by atoms with E-state index < -0.39 is 11.5 Å². The Labute approximate surface area is 135 Å². The summed E-state index contributed by atoms with van der Waals surface area (Å²) >= 11 is 0. The van der Waals surface area contributed by atoms with Gasteiger partial charge in [-0.2, -0.15) is 0 Å². The largest absolute Gasteiger partial charge is 0.468 e. The molecular formula is C19H19NO3. The van der Waals surface area contributed by atoms with Crippen LogP contribution in [0, 0.1) is 0 Å². The fourth-order valence-electron chi connectivity index (χ4n) is 3.04. The Morgan fingerprint density at radius 1 is 1.35 bits per heavy atom. The van der Waals surface area contributed by atoms with Gasteiger partial charge in [0.05, 0.1) is 12.0 Å². The van der Waals surface area contributed by atoms with Crippen molar-refractivity contribution >= 4 is 6.29 Å². The Balaban J connectivity index is 2.08. The maximum Gasteiger partial charge on any atom is 0.218 e. The van der Waals surface area contributed by atoms with Gasteiger partial charge < -0.3 is 14.6 Å². The van der Waals surface area contributed by atoms with Gasteiger partial charge in [-0.3, -0.25) is 0 Å². The molecule has 1 aromatic heterocycles. The van der Waals surface area contributed by atoms with Crippen molar-refractivity contribution in [2.75, 3.05) is 6.61 Å². The van der Waals surface area contributed by atoms with Crippen molar-refractivity contribution in [3.8, 4) is 17.0 Å². The van der Waals surface area contributed by atoms with Gasteiger partial charge in [-0.15, -0.1) is 0 Å². The summed E-state index contributed by atoms with van der Waals surface area (Å²) in [6.45, 7) is 3.62. The molecule has 4 nitrogen and oxygen atoms in total. The predicted molar refractivity (Wildman–Crippen MR) is 88.3 cm³/mol. The third-order valence-corrected chi connectivity index (χ3v) is 4.38. The first-order valence-corrected chi connectivity index (χ1v) is 7.56. The molecule has 0 aliphatic carbocycles. The molecule has 0 fully saturated rings. The number of ether oxygens (including phenoxy) is 1. The highest BCUT2D eigenvalue weighted by molar-refractivity contribution is 5.76. The van der Waals surface area contributed by atoms with E-state index in [0.29, 0.717) is 5.88 Å². The van der Waals surface area contributed by atoms with E-state index in [1.807, 2.05) is 50.2 Å². The maximum absolute atomic E-state index is 11.9. The van der Waals surface area contributed by atoms with Gasteiger partial charge in [0.15, 0.2) is 0 Å². The summed E-state index contributed by atoms with van der Waals surface area (Å²) in [5, 5.41) is 9.11. The second kappa shape index (κ2) is 5.97. The van der Waals surface area contributed by atoms with E-state index in [0.717, 1.165) is 28.5 Å². The van der Waals surface area contributed by atoms with E-state index in [1.54, 1.807) is 12.3 Å². The predicted octanol–water partition coefficient (Wildman–Crippen LogP) is 2.90. The lowest BCUT2D eigenvalue weighted by molar-refractivity contribution is -0.113.